The molecule has 2 aromatic rings. The number of benzene rings is 2. The maximum atomic E-state index is 9.80. The molecule has 0 amide bonds. The second-order valence-electron chi connectivity index (χ2n) is 6.94. The van der Waals surface area contributed by atoms with Crippen LogP contribution in [-0.4, -0.2) is 18.7 Å². The van der Waals surface area contributed by atoms with Gasteiger partial charge in [-0.3, -0.25) is 0 Å². The fraction of sp³-hybridized carbons (Fsp3) is 0.238. The van der Waals surface area contributed by atoms with Crippen molar-refractivity contribution in [2.24, 2.45) is 16.8 Å². The number of ether oxygens (including phenoxy) is 3. The molecule has 7 heteroatoms. The van der Waals surface area contributed by atoms with Crippen LogP contribution in [0.1, 0.15) is 18.4 Å². The third-order valence-electron chi connectivity index (χ3n) is 5.38. The quantitative estimate of drug-likeness (QED) is 0.868. The summed E-state index contributed by atoms with van der Waals surface area (Å²) in [7, 11) is 0. The SMILES string of the molecule is CC1=NN(c2ccccc2)[C@@H]2OC(N)=C(C#N)[C@H](c3ccc4c(c3)OCO4)[C@H]12. The van der Waals surface area contributed by atoms with Crippen molar-refractivity contribution in [3.05, 3.63) is 65.6 Å². The molecule has 5 rings (SSSR count). The summed E-state index contributed by atoms with van der Waals surface area (Å²) in [5.74, 6) is 1.07. The summed E-state index contributed by atoms with van der Waals surface area (Å²) in [5.41, 5.74) is 9.30. The maximum absolute atomic E-state index is 9.80. The average molecular weight is 374 g/mol. The van der Waals surface area contributed by atoms with Gasteiger partial charge in [0.2, 0.25) is 18.9 Å². The lowest BCUT2D eigenvalue weighted by atomic mass is 9.76. The third-order valence-corrected chi connectivity index (χ3v) is 5.38. The first kappa shape index (κ1) is 16.5. The molecule has 0 saturated carbocycles. The summed E-state index contributed by atoms with van der Waals surface area (Å²) >= 11 is 0. The van der Waals surface area contributed by atoms with E-state index in [1.807, 2.05) is 60.5 Å². The van der Waals surface area contributed by atoms with Crippen LogP contribution in [0.2, 0.25) is 0 Å². The van der Waals surface area contributed by atoms with Gasteiger partial charge in [-0.1, -0.05) is 24.3 Å². The molecule has 0 unspecified atom stereocenters. The fourth-order valence-corrected chi connectivity index (χ4v) is 4.10. The maximum Gasteiger partial charge on any atom is 0.231 e. The molecule has 7 nitrogen and oxygen atoms in total. The molecular weight excluding hydrogens is 356 g/mol. The zero-order chi connectivity index (χ0) is 19.3. The summed E-state index contributed by atoms with van der Waals surface area (Å²) in [6.45, 7) is 2.16. The fourth-order valence-electron chi connectivity index (χ4n) is 4.10. The van der Waals surface area contributed by atoms with Gasteiger partial charge in [-0.25, -0.2) is 5.01 Å². The van der Waals surface area contributed by atoms with E-state index in [1.165, 1.54) is 0 Å². The smallest absolute Gasteiger partial charge is 0.231 e. The van der Waals surface area contributed by atoms with Gasteiger partial charge in [-0.05, 0) is 36.8 Å². The van der Waals surface area contributed by atoms with E-state index in [0.717, 1.165) is 17.0 Å². The number of nitriles is 1. The number of hydrogen-bond donors (Lipinski definition) is 1. The van der Waals surface area contributed by atoms with Gasteiger partial charge in [0, 0.05) is 11.6 Å². The van der Waals surface area contributed by atoms with Crippen molar-refractivity contribution in [1.29, 1.82) is 5.26 Å². The molecule has 0 aliphatic carbocycles. The minimum absolute atomic E-state index is 0.136. The Hall–Kier alpha value is -3.66. The topological polar surface area (TPSA) is 93.1 Å². The monoisotopic (exact) mass is 374 g/mol. The molecule has 3 aliphatic heterocycles. The molecule has 3 atom stereocenters. The number of anilines is 1. The van der Waals surface area contributed by atoms with Crippen LogP contribution in [0.4, 0.5) is 5.69 Å². The van der Waals surface area contributed by atoms with E-state index in [1.54, 1.807) is 0 Å². The molecule has 2 aromatic carbocycles. The summed E-state index contributed by atoms with van der Waals surface area (Å²) in [6, 6.07) is 17.8. The van der Waals surface area contributed by atoms with E-state index in [4.69, 9.17) is 25.0 Å². The lowest BCUT2D eigenvalue weighted by Crippen LogP contribution is -2.43. The molecule has 0 bridgehead atoms. The van der Waals surface area contributed by atoms with Gasteiger partial charge in [0.25, 0.3) is 0 Å². The zero-order valence-corrected chi connectivity index (χ0v) is 15.2. The molecule has 28 heavy (non-hydrogen) atoms. The largest absolute Gasteiger partial charge is 0.454 e. The van der Waals surface area contributed by atoms with Crippen LogP contribution in [0, 0.1) is 17.2 Å². The summed E-state index contributed by atoms with van der Waals surface area (Å²) in [6.07, 6.45) is -0.421. The Morgan fingerprint density at radius 3 is 2.71 bits per heavy atom. The van der Waals surface area contributed by atoms with Crippen LogP contribution < -0.4 is 20.2 Å². The van der Waals surface area contributed by atoms with Gasteiger partial charge in [0.05, 0.1) is 17.2 Å². The molecule has 3 heterocycles. The Labute approximate surface area is 162 Å². The number of para-hydroxylation sites is 1. The number of fused-ring (bicyclic) bond motifs is 2. The van der Waals surface area contributed by atoms with Crippen LogP contribution in [0.15, 0.2) is 65.1 Å². The summed E-state index contributed by atoms with van der Waals surface area (Å²) in [4.78, 5) is 0. The first-order chi connectivity index (χ1) is 13.7. The Bertz CT molecular complexity index is 1040. The molecule has 140 valence electrons. The van der Waals surface area contributed by atoms with Crippen molar-refractivity contribution >= 4 is 11.4 Å². The van der Waals surface area contributed by atoms with Gasteiger partial charge in [0.15, 0.2) is 11.5 Å². The molecule has 0 aromatic heterocycles. The predicted octanol–water partition coefficient (Wildman–Crippen LogP) is 3.06. The van der Waals surface area contributed by atoms with Gasteiger partial charge in [-0.2, -0.15) is 10.4 Å². The van der Waals surface area contributed by atoms with E-state index < -0.39 is 6.23 Å². The molecule has 0 radical (unpaired) electrons. The molecule has 2 N–H and O–H groups in total. The van der Waals surface area contributed by atoms with Crippen molar-refractivity contribution in [3.8, 4) is 17.6 Å². The highest BCUT2D eigenvalue weighted by Crippen LogP contribution is 2.47. The highest BCUT2D eigenvalue weighted by atomic mass is 16.7. The van der Waals surface area contributed by atoms with Crippen LogP contribution in [0.3, 0.4) is 0 Å². The molecular formula is C21H18N4O3. The van der Waals surface area contributed by atoms with Crippen molar-refractivity contribution in [1.82, 2.24) is 0 Å². The van der Waals surface area contributed by atoms with E-state index in [9.17, 15) is 5.26 Å². The van der Waals surface area contributed by atoms with Gasteiger partial charge in [-0.15, -0.1) is 0 Å². The highest BCUT2D eigenvalue weighted by Gasteiger charge is 2.49. The van der Waals surface area contributed by atoms with Crippen molar-refractivity contribution in [3.63, 3.8) is 0 Å². The van der Waals surface area contributed by atoms with Crippen molar-refractivity contribution in [2.75, 3.05) is 11.8 Å². The minimum atomic E-state index is -0.421. The van der Waals surface area contributed by atoms with E-state index in [2.05, 4.69) is 6.07 Å². The number of nitrogens with two attached hydrogens (primary N) is 1. The standard InChI is InChI=1S/C21H18N4O3/c1-12-18-19(13-7-8-16-17(9-13)27-11-26-16)15(10-22)20(23)28-21(18)25(24-12)14-5-3-2-4-6-14/h2-9,18-19,21H,11,23H2,1H3/t18-,19-,21+/m0/s1. The average Bonchev–Trinajstić information content (AvgIpc) is 3.31. The summed E-state index contributed by atoms with van der Waals surface area (Å²) < 4.78 is 16.9. The number of rotatable bonds is 2. The van der Waals surface area contributed by atoms with Crippen LogP contribution in [0.25, 0.3) is 0 Å². The number of nitrogens with zero attached hydrogens (tertiary/aromatic N) is 3. The van der Waals surface area contributed by atoms with Crippen molar-refractivity contribution < 1.29 is 14.2 Å². The Morgan fingerprint density at radius 2 is 1.93 bits per heavy atom. The van der Waals surface area contributed by atoms with E-state index in [-0.39, 0.29) is 24.5 Å². The normalized spacial score (nSPS) is 25.1. The third kappa shape index (κ3) is 2.38. The molecule has 0 fully saturated rings. The van der Waals surface area contributed by atoms with E-state index in [0.29, 0.717) is 17.1 Å². The molecule has 3 aliphatic rings. The Balaban J connectivity index is 1.61. The minimum Gasteiger partial charge on any atom is -0.454 e. The van der Waals surface area contributed by atoms with E-state index >= 15 is 0 Å². The summed E-state index contributed by atoms with van der Waals surface area (Å²) in [5, 5.41) is 16.4. The Kier molecular flexibility index (Phi) is 3.66. The first-order valence-corrected chi connectivity index (χ1v) is 9.02. The lowest BCUT2D eigenvalue weighted by Gasteiger charge is -2.37. The predicted molar refractivity (Wildman–Crippen MR) is 103 cm³/mol. The highest BCUT2D eigenvalue weighted by molar-refractivity contribution is 5.90. The number of hydrazone groups is 1. The Morgan fingerprint density at radius 1 is 1.14 bits per heavy atom. The number of hydrogen-bond acceptors (Lipinski definition) is 7. The van der Waals surface area contributed by atoms with Crippen LogP contribution >= 0.6 is 0 Å². The second-order valence-corrected chi connectivity index (χ2v) is 6.94. The molecule has 0 saturated heterocycles. The molecule has 0 spiro atoms. The lowest BCUT2D eigenvalue weighted by molar-refractivity contribution is 0.0662. The van der Waals surface area contributed by atoms with Crippen LogP contribution in [0.5, 0.6) is 11.5 Å². The van der Waals surface area contributed by atoms with Crippen molar-refractivity contribution in [2.45, 2.75) is 19.1 Å². The van der Waals surface area contributed by atoms with Gasteiger partial charge in [0.1, 0.15) is 6.07 Å². The number of allylic oxidation sites excluding steroid dienone is 1. The van der Waals surface area contributed by atoms with Gasteiger partial charge >= 0.3 is 0 Å². The van der Waals surface area contributed by atoms with Gasteiger partial charge < -0.3 is 19.9 Å². The van der Waals surface area contributed by atoms with Crippen LogP contribution in [-0.2, 0) is 4.74 Å². The zero-order valence-electron chi connectivity index (χ0n) is 15.2. The first-order valence-electron chi connectivity index (χ1n) is 9.02. The second kappa shape index (κ2) is 6.20.